The van der Waals surface area contributed by atoms with Gasteiger partial charge in [0.15, 0.2) is 0 Å². The molecule has 1 amide bonds. The lowest BCUT2D eigenvalue weighted by Crippen LogP contribution is -2.06. The number of anilines is 1. The van der Waals surface area contributed by atoms with Crippen molar-refractivity contribution in [2.75, 3.05) is 5.32 Å². The molecule has 0 heterocycles. The number of benzene rings is 4. The molecule has 0 fully saturated rings. The molecule has 0 aliphatic rings. The van der Waals surface area contributed by atoms with E-state index in [9.17, 15) is 14.9 Å². The van der Waals surface area contributed by atoms with Crippen molar-refractivity contribution in [3.8, 4) is 0 Å². The average Bonchev–Trinajstić information content (AvgIpc) is 2.53. The van der Waals surface area contributed by atoms with Gasteiger partial charge in [-0.05, 0) is 34.4 Å². The zero-order valence-corrected chi connectivity index (χ0v) is 12.3. The number of hydrogen-bond donors (Lipinski definition) is 1. The Morgan fingerprint density at radius 3 is 2.13 bits per heavy atom. The number of non-ortho nitro benzene ring substituents is 1. The van der Waals surface area contributed by atoms with Crippen LogP contribution in [0.5, 0.6) is 0 Å². The fourth-order valence-electron chi connectivity index (χ4n) is 3.24. The summed E-state index contributed by atoms with van der Waals surface area (Å²) in [6, 6.07) is 14.6. The second-order valence-electron chi connectivity index (χ2n) is 5.56. The van der Waals surface area contributed by atoms with Crippen molar-refractivity contribution in [1.29, 1.82) is 0 Å². The van der Waals surface area contributed by atoms with E-state index < -0.39 is 0 Å². The molecule has 0 atom stereocenters. The molecule has 0 aromatic heterocycles. The van der Waals surface area contributed by atoms with E-state index in [1.165, 1.54) is 13.0 Å². The van der Waals surface area contributed by atoms with Crippen molar-refractivity contribution in [3.63, 3.8) is 0 Å². The van der Waals surface area contributed by atoms with Crippen molar-refractivity contribution in [2.24, 2.45) is 0 Å². The van der Waals surface area contributed by atoms with Gasteiger partial charge in [0.25, 0.3) is 5.69 Å². The van der Waals surface area contributed by atoms with Gasteiger partial charge in [0.05, 0.1) is 10.3 Å². The Morgan fingerprint density at radius 2 is 1.48 bits per heavy atom. The Labute approximate surface area is 131 Å². The Balaban J connectivity index is 2.22. The standard InChI is InChI=1S/C18H12N2O3/c1-10(21)19-15-8-4-11-2-3-12-5-9-16(20(22)23)14-7-6-13(15)17(11)18(12)14/h2-9H,1H3,(H,19,21). The van der Waals surface area contributed by atoms with Crippen molar-refractivity contribution in [1.82, 2.24) is 0 Å². The van der Waals surface area contributed by atoms with Gasteiger partial charge in [-0.1, -0.05) is 24.3 Å². The fraction of sp³-hybridized carbons (Fsp3) is 0.0556. The molecule has 5 nitrogen and oxygen atoms in total. The molecular weight excluding hydrogens is 292 g/mol. The quantitative estimate of drug-likeness (QED) is 0.338. The van der Waals surface area contributed by atoms with Gasteiger partial charge in [-0.15, -0.1) is 0 Å². The van der Waals surface area contributed by atoms with Gasteiger partial charge in [0.1, 0.15) is 0 Å². The first-order valence-electron chi connectivity index (χ1n) is 7.19. The molecule has 0 aliphatic heterocycles. The summed E-state index contributed by atoms with van der Waals surface area (Å²) in [5.41, 5.74) is 0.808. The summed E-state index contributed by atoms with van der Waals surface area (Å²) in [6.07, 6.45) is 0. The zero-order chi connectivity index (χ0) is 16.1. The molecule has 0 bridgehead atoms. The molecule has 112 valence electrons. The maximum Gasteiger partial charge on any atom is 0.277 e. The third-order valence-corrected chi connectivity index (χ3v) is 4.15. The molecule has 4 rings (SSSR count). The highest BCUT2D eigenvalue weighted by atomic mass is 16.6. The van der Waals surface area contributed by atoms with Crippen molar-refractivity contribution >= 4 is 49.6 Å². The number of rotatable bonds is 2. The van der Waals surface area contributed by atoms with Crippen LogP contribution in [0.15, 0.2) is 48.5 Å². The van der Waals surface area contributed by atoms with Gasteiger partial charge in [-0.2, -0.15) is 0 Å². The third kappa shape index (κ3) is 1.90. The van der Waals surface area contributed by atoms with E-state index in [-0.39, 0.29) is 16.5 Å². The summed E-state index contributed by atoms with van der Waals surface area (Å²) in [4.78, 5) is 22.4. The van der Waals surface area contributed by atoms with Crippen LogP contribution in [-0.4, -0.2) is 10.8 Å². The SMILES string of the molecule is CC(=O)Nc1ccc2ccc3ccc([N+](=O)[O-])c4ccc1c2c34. The molecule has 1 N–H and O–H groups in total. The molecule has 23 heavy (non-hydrogen) atoms. The number of carbonyl (C=O) groups is 1. The lowest BCUT2D eigenvalue weighted by atomic mass is 9.93. The Bertz CT molecular complexity index is 1100. The van der Waals surface area contributed by atoms with E-state index in [0.717, 1.165) is 26.9 Å². The highest BCUT2D eigenvalue weighted by Gasteiger charge is 2.17. The monoisotopic (exact) mass is 304 g/mol. The van der Waals surface area contributed by atoms with Crippen LogP contribution >= 0.6 is 0 Å². The molecular formula is C18H12N2O3. The summed E-state index contributed by atoms with van der Waals surface area (Å²) in [5, 5.41) is 19.4. The Morgan fingerprint density at radius 1 is 0.913 bits per heavy atom. The van der Waals surface area contributed by atoms with E-state index in [2.05, 4.69) is 5.32 Å². The van der Waals surface area contributed by atoms with Crippen LogP contribution in [0.25, 0.3) is 32.3 Å². The highest BCUT2D eigenvalue weighted by Crippen LogP contribution is 2.40. The van der Waals surface area contributed by atoms with Crippen LogP contribution in [-0.2, 0) is 4.79 Å². The van der Waals surface area contributed by atoms with Gasteiger partial charge in [-0.3, -0.25) is 14.9 Å². The van der Waals surface area contributed by atoms with Crippen LogP contribution in [0.4, 0.5) is 11.4 Å². The summed E-state index contributed by atoms with van der Waals surface area (Å²) in [6.45, 7) is 1.46. The molecule has 0 aliphatic carbocycles. The summed E-state index contributed by atoms with van der Waals surface area (Å²) in [5.74, 6) is -0.147. The number of hydrogen-bond acceptors (Lipinski definition) is 3. The van der Waals surface area contributed by atoms with Crippen molar-refractivity contribution in [2.45, 2.75) is 6.92 Å². The van der Waals surface area contributed by atoms with E-state index in [4.69, 9.17) is 0 Å². The predicted molar refractivity (Wildman–Crippen MR) is 91.1 cm³/mol. The largest absolute Gasteiger partial charge is 0.326 e. The maximum absolute atomic E-state index is 11.4. The molecule has 4 aromatic rings. The molecule has 0 unspecified atom stereocenters. The van der Waals surface area contributed by atoms with Gasteiger partial charge < -0.3 is 5.32 Å². The second-order valence-corrected chi connectivity index (χ2v) is 5.56. The fourth-order valence-corrected chi connectivity index (χ4v) is 3.24. The number of amides is 1. The first-order valence-corrected chi connectivity index (χ1v) is 7.19. The van der Waals surface area contributed by atoms with Crippen LogP contribution < -0.4 is 5.32 Å². The third-order valence-electron chi connectivity index (χ3n) is 4.15. The van der Waals surface area contributed by atoms with Crippen LogP contribution in [0.1, 0.15) is 6.92 Å². The Hall–Kier alpha value is -3.21. The lowest BCUT2D eigenvalue weighted by Gasteiger charge is -2.14. The molecule has 0 radical (unpaired) electrons. The predicted octanol–water partition coefficient (Wildman–Crippen LogP) is 4.45. The lowest BCUT2D eigenvalue weighted by molar-refractivity contribution is -0.383. The minimum absolute atomic E-state index is 0.0943. The molecule has 5 heteroatoms. The van der Waals surface area contributed by atoms with Crippen LogP contribution in [0.3, 0.4) is 0 Å². The molecule has 4 aromatic carbocycles. The smallest absolute Gasteiger partial charge is 0.277 e. The van der Waals surface area contributed by atoms with Gasteiger partial charge in [0.2, 0.25) is 5.91 Å². The first kappa shape index (κ1) is 13.5. The number of nitrogens with zero attached hydrogens (tertiary/aromatic N) is 1. The minimum Gasteiger partial charge on any atom is -0.326 e. The van der Waals surface area contributed by atoms with Crippen molar-refractivity contribution in [3.05, 3.63) is 58.6 Å². The number of nitro groups is 1. The van der Waals surface area contributed by atoms with Crippen molar-refractivity contribution < 1.29 is 9.72 Å². The van der Waals surface area contributed by atoms with E-state index >= 15 is 0 Å². The summed E-state index contributed by atoms with van der Waals surface area (Å²) >= 11 is 0. The molecule has 0 saturated heterocycles. The zero-order valence-electron chi connectivity index (χ0n) is 12.3. The van der Waals surface area contributed by atoms with Crippen LogP contribution in [0, 0.1) is 10.1 Å². The average molecular weight is 304 g/mol. The first-order chi connectivity index (χ1) is 11.1. The van der Waals surface area contributed by atoms with E-state index in [1.54, 1.807) is 12.1 Å². The molecule has 0 saturated carbocycles. The van der Waals surface area contributed by atoms with Gasteiger partial charge in [-0.25, -0.2) is 0 Å². The molecule has 0 spiro atoms. The minimum atomic E-state index is -0.361. The number of nitrogens with one attached hydrogen (secondary N) is 1. The summed E-state index contributed by atoms with van der Waals surface area (Å²) in [7, 11) is 0. The summed E-state index contributed by atoms with van der Waals surface area (Å²) < 4.78 is 0. The van der Waals surface area contributed by atoms with E-state index in [1.807, 2.05) is 30.3 Å². The number of nitro benzene ring substituents is 1. The Kier molecular flexibility index (Phi) is 2.72. The van der Waals surface area contributed by atoms with E-state index in [0.29, 0.717) is 11.1 Å². The van der Waals surface area contributed by atoms with Crippen LogP contribution in [0.2, 0.25) is 0 Å². The second kappa shape index (κ2) is 4.64. The van der Waals surface area contributed by atoms with Gasteiger partial charge in [0, 0.05) is 29.4 Å². The number of carbonyl (C=O) groups excluding carboxylic acids is 1. The topological polar surface area (TPSA) is 72.2 Å². The normalized spacial score (nSPS) is 11.3. The highest BCUT2D eigenvalue weighted by molar-refractivity contribution is 6.27. The maximum atomic E-state index is 11.4. The van der Waals surface area contributed by atoms with Gasteiger partial charge >= 0.3 is 0 Å².